The maximum atomic E-state index is 4.32. The van der Waals surface area contributed by atoms with Crippen molar-refractivity contribution in [3.63, 3.8) is 0 Å². The van der Waals surface area contributed by atoms with Gasteiger partial charge in [0.05, 0.1) is 0 Å². The van der Waals surface area contributed by atoms with Crippen molar-refractivity contribution in [2.75, 3.05) is 19.6 Å². The van der Waals surface area contributed by atoms with Crippen molar-refractivity contribution in [1.29, 1.82) is 0 Å². The standard InChI is InChI=1S/C13H17NS/c1-10(13-3-2-8-15-13)12-9-14-6-4-11(12)5-7-14/h2-3,8,11-12H,1,4-7,9H2. The van der Waals surface area contributed by atoms with Gasteiger partial charge in [0, 0.05) is 17.3 Å². The van der Waals surface area contributed by atoms with Crippen LogP contribution in [0.2, 0.25) is 0 Å². The van der Waals surface area contributed by atoms with Crippen molar-refractivity contribution < 1.29 is 0 Å². The molecule has 1 aromatic rings. The van der Waals surface area contributed by atoms with E-state index in [2.05, 4.69) is 29.0 Å². The highest BCUT2D eigenvalue weighted by Crippen LogP contribution is 2.40. The summed E-state index contributed by atoms with van der Waals surface area (Å²) in [5.74, 6) is 1.63. The fraction of sp³-hybridized carbons (Fsp3) is 0.538. The van der Waals surface area contributed by atoms with E-state index in [-0.39, 0.29) is 0 Å². The molecule has 0 aromatic carbocycles. The number of rotatable bonds is 2. The molecule has 0 N–H and O–H groups in total. The first-order chi connectivity index (χ1) is 7.34. The normalized spacial score (nSPS) is 34.3. The summed E-state index contributed by atoms with van der Waals surface area (Å²) in [6.07, 6.45) is 2.77. The lowest BCUT2D eigenvalue weighted by Crippen LogP contribution is -2.47. The molecule has 0 radical (unpaired) electrons. The average molecular weight is 219 g/mol. The van der Waals surface area contributed by atoms with Crippen LogP contribution >= 0.6 is 11.3 Å². The number of hydrogen-bond acceptors (Lipinski definition) is 2. The molecule has 80 valence electrons. The predicted octanol–water partition coefficient (Wildman–Crippen LogP) is 3.10. The van der Waals surface area contributed by atoms with Crippen molar-refractivity contribution in [3.05, 3.63) is 29.0 Å². The topological polar surface area (TPSA) is 3.24 Å². The van der Waals surface area contributed by atoms with Crippen LogP contribution in [0.1, 0.15) is 17.7 Å². The molecule has 3 saturated heterocycles. The maximum absolute atomic E-state index is 4.32. The molecule has 2 heteroatoms. The summed E-state index contributed by atoms with van der Waals surface area (Å²) < 4.78 is 0. The first kappa shape index (κ1) is 9.61. The molecule has 15 heavy (non-hydrogen) atoms. The Hall–Kier alpha value is -0.600. The SMILES string of the molecule is C=C(c1cccs1)C1CN2CCC1CC2. The quantitative estimate of drug-likeness (QED) is 0.739. The number of nitrogens with zero attached hydrogens (tertiary/aromatic N) is 1. The molecule has 2 bridgehead atoms. The molecule has 3 aliphatic rings. The van der Waals surface area contributed by atoms with Gasteiger partial charge in [-0.1, -0.05) is 12.6 Å². The van der Waals surface area contributed by atoms with Crippen LogP contribution < -0.4 is 0 Å². The molecule has 3 fully saturated rings. The largest absolute Gasteiger partial charge is 0.303 e. The summed E-state index contributed by atoms with van der Waals surface area (Å²) in [7, 11) is 0. The zero-order valence-corrected chi connectivity index (χ0v) is 9.80. The molecule has 3 aliphatic heterocycles. The molecule has 0 amide bonds. The highest BCUT2D eigenvalue weighted by Gasteiger charge is 2.35. The minimum absolute atomic E-state index is 0.728. The van der Waals surface area contributed by atoms with Crippen LogP contribution in [-0.2, 0) is 0 Å². The smallest absolute Gasteiger partial charge is 0.0299 e. The molecule has 0 spiro atoms. The van der Waals surface area contributed by atoms with E-state index in [0.29, 0.717) is 0 Å². The van der Waals surface area contributed by atoms with Crippen molar-refractivity contribution >= 4 is 16.9 Å². The summed E-state index contributed by atoms with van der Waals surface area (Å²) in [5, 5.41) is 2.15. The van der Waals surface area contributed by atoms with E-state index >= 15 is 0 Å². The first-order valence-electron chi connectivity index (χ1n) is 5.79. The second-order valence-electron chi connectivity index (χ2n) is 4.75. The number of hydrogen-bond donors (Lipinski definition) is 0. The molecule has 0 saturated carbocycles. The zero-order chi connectivity index (χ0) is 10.3. The van der Waals surface area contributed by atoms with Crippen LogP contribution in [0.4, 0.5) is 0 Å². The van der Waals surface area contributed by atoms with Gasteiger partial charge in [-0.15, -0.1) is 11.3 Å². The van der Waals surface area contributed by atoms with Crippen LogP contribution in [-0.4, -0.2) is 24.5 Å². The van der Waals surface area contributed by atoms with Gasteiger partial charge in [-0.2, -0.15) is 0 Å². The third-order valence-electron chi connectivity index (χ3n) is 3.94. The lowest BCUT2D eigenvalue weighted by molar-refractivity contribution is 0.0782. The molecule has 1 aromatic heterocycles. The van der Waals surface area contributed by atoms with Gasteiger partial charge in [0.2, 0.25) is 0 Å². The lowest BCUT2D eigenvalue weighted by atomic mass is 9.75. The Morgan fingerprint density at radius 3 is 2.73 bits per heavy atom. The minimum atomic E-state index is 0.728. The summed E-state index contributed by atoms with van der Waals surface area (Å²) in [6.45, 7) is 8.21. The predicted molar refractivity (Wildman–Crippen MR) is 66.0 cm³/mol. The van der Waals surface area contributed by atoms with Gasteiger partial charge in [0.15, 0.2) is 0 Å². The van der Waals surface area contributed by atoms with Gasteiger partial charge < -0.3 is 4.90 Å². The van der Waals surface area contributed by atoms with E-state index in [4.69, 9.17) is 0 Å². The second kappa shape index (κ2) is 3.76. The van der Waals surface area contributed by atoms with Crippen LogP contribution in [0.25, 0.3) is 5.57 Å². The van der Waals surface area contributed by atoms with Crippen molar-refractivity contribution in [1.82, 2.24) is 4.90 Å². The van der Waals surface area contributed by atoms with E-state index in [1.807, 2.05) is 11.3 Å². The van der Waals surface area contributed by atoms with Crippen LogP contribution in [0.15, 0.2) is 24.1 Å². The van der Waals surface area contributed by atoms with Gasteiger partial charge in [0.25, 0.3) is 0 Å². The summed E-state index contributed by atoms with van der Waals surface area (Å²) in [4.78, 5) is 4.00. The highest BCUT2D eigenvalue weighted by molar-refractivity contribution is 7.11. The maximum Gasteiger partial charge on any atom is 0.0299 e. The Kier molecular flexibility index (Phi) is 2.41. The molecule has 4 heterocycles. The summed E-state index contributed by atoms with van der Waals surface area (Å²) in [5.41, 5.74) is 1.39. The van der Waals surface area contributed by atoms with E-state index in [0.717, 1.165) is 11.8 Å². The Bertz CT molecular complexity index is 347. The minimum Gasteiger partial charge on any atom is -0.303 e. The van der Waals surface area contributed by atoms with E-state index < -0.39 is 0 Å². The van der Waals surface area contributed by atoms with E-state index in [1.165, 1.54) is 42.9 Å². The fourth-order valence-corrected chi connectivity index (χ4v) is 3.77. The number of thiophene rings is 1. The summed E-state index contributed by atoms with van der Waals surface area (Å²) in [6, 6.07) is 4.34. The Labute approximate surface area is 95.4 Å². The summed E-state index contributed by atoms with van der Waals surface area (Å²) >= 11 is 1.83. The van der Waals surface area contributed by atoms with Gasteiger partial charge >= 0.3 is 0 Å². The third kappa shape index (κ3) is 1.66. The van der Waals surface area contributed by atoms with Gasteiger partial charge in [-0.25, -0.2) is 0 Å². The van der Waals surface area contributed by atoms with Crippen molar-refractivity contribution in [2.24, 2.45) is 11.8 Å². The van der Waals surface area contributed by atoms with Gasteiger partial charge in [-0.3, -0.25) is 0 Å². The molecule has 1 nitrogen and oxygen atoms in total. The third-order valence-corrected chi connectivity index (χ3v) is 4.89. The molecule has 0 aliphatic carbocycles. The monoisotopic (exact) mass is 219 g/mol. The van der Waals surface area contributed by atoms with Crippen LogP contribution in [0.5, 0.6) is 0 Å². The molecular formula is C13H17NS. The molecule has 1 atom stereocenters. The van der Waals surface area contributed by atoms with Gasteiger partial charge in [0.1, 0.15) is 0 Å². The van der Waals surface area contributed by atoms with E-state index in [9.17, 15) is 0 Å². The van der Waals surface area contributed by atoms with Crippen molar-refractivity contribution in [3.8, 4) is 0 Å². The van der Waals surface area contributed by atoms with E-state index in [1.54, 1.807) is 0 Å². The molecular weight excluding hydrogens is 202 g/mol. The van der Waals surface area contributed by atoms with Crippen molar-refractivity contribution in [2.45, 2.75) is 12.8 Å². The average Bonchev–Trinajstić information content (AvgIpc) is 2.83. The molecule has 4 rings (SSSR count). The number of piperidine rings is 3. The van der Waals surface area contributed by atoms with Gasteiger partial charge in [-0.05, 0) is 48.9 Å². The zero-order valence-electron chi connectivity index (χ0n) is 8.98. The Morgan fingerprint density at radius 2 is 2.20 bits per heavy atom. The lowest BCUT2D eigenvalue weighted by Gasteiger charge is -2.45. The molecule has 1 unspecified atom stereocenters. The number of fused-ring (bicyclic) bond motifs is 3. The highest BCUT2D eigenvalue weighted by atomic mass is 32.1. The Balaban J connectivity index is 1.80. The second-order valence-corrected chi connectivity index (χ2v) is 5.69. The fourth-order valence-electron chi connectivity index (χ4n) is 3.00. The first-order valence-corrected chi connectivity index (χ1v) is 6.67. The van der Waals surface area contributed by atoms with Crippen LogP contribution in [0.3, 0.4) is 0 Å². The Morgan fingerprint density at radius 1 is 1.40 bits per heavy atom. The van der Waals surface area contributed by atoms with Crippen LogP contribution in [0, 0.1) is 11.8 Å².